The maximum atomic E-state index is 6.12. The standard InChI is InChI=1S/C18H29NO2/c1-5-18(4,21-7-3)17(19-6-2)15-12-8-10-14-11-9-13-20-16(14)15/h8,10,12,17,19H,5-7,9,11,13H2,1-4H3. The molecule has 2 unspecified atom stereocenters. The lowest BCUT2D eigenvalue weighted by Crippen LogP contribution is -2.44. The van der Waals surface area contributed by atoms with Gasteiger partial charge in [0.1, 0.15) is 5.75 Å². The van der Waals surface area contributed by atoms with E-state index in [1.807, 2.05) is 0 Å². The molecule has 1 aromatic carbocycles. The highest BCUT2D eigenvalue weighted by Gasteiger charge is 2.36. The Bertz CT molecular complexity index is 461. The maximum absolute atomic E-state index is 6.12. The van der Waals surface area contributed by atoms with Crippen LogP contribution in [0.25, 0.3) is 0 Å². The number of likely N-dealkylation sites (N-methyl/N-ethyl adjacent to an activating group) is 1. The van der Waals surface area contributed by atoms with Crippen molar-refractivity contribution in [2.45, 2.75) is 58.6 Å². The molecule has 0 aromatic heterocycles. The summed E-state index contributed by atoms with van der Waals surface area (Å²) < 4.78 is 12.1. The Morgan fingerprint density at radius 3 is 2.81 bits per heavy atom. The summed E-state index contributed by atoms with van der Waals surface area (Å²) in [5, 5.41) is 3.62. The normalized spacial score (nSPS) is 18.5. The van der Waals surface area contributed by atoms with Crippen LogP contribution in [0.3, 0.4) is 0 Å². The number of hydrogen-bond acceptors (Lipinski definition) is 3. The van der Waals surface area contributed by atoms with Crippen molar-refractivity contribution < 1.29 is 9.47 Å². The number of para-hydroxylation sites is 1. The summed E-state index contributed by atoms with van der Waals surface area (Å²) in [5.41, 5.74) is 2.35. The lowest BCUT2D eigenvalue weighted by molar-refractivity contribution is -0.0565. The fourth-order valence-corrected chi connectivity index (χ4v) is 3.22. The first kappa shape index (κ1) is 16.3. The number of nitrogens with one attached hydrogen (secondary N) is 1. The van der Waals surface area contributed by atoms with Gasteiger partial charge in [0.2, 0.25) is 0 Å². The van der Waals surface area contributed by atoms with E-state index in [-0.39, 0.29) is 11.6 Å². The Hall–Kier alpha value is -1.06. The number of benzene rings is 1. The minimum atomic E-state index is -0.222. The molecule has 0 saturated carbocycles. The number of fused-ring (bicyclic) bond motifs is 1. The molecule has 3 heteroatoms. The van der Waals surface area contributed by atoms with Crippen LogP contribution in [-0.4, -0.2) is 25.4 Å². The fraction of sp³-hybridized carbons (Fsp3) is 0.667. The van der Waals surface area contributed by atoms with Crippen molar-refractivity contribution in [3.63, 3.8) is 0 Å². The van der Waals surface area contributed by atoms with Crippen LogP contribution in [0, 0.1) is 0 Å². The van der Waals surface area contributed by atoms with Crippen molar-refractivity contribution in [2.75, 3.05) is 19.8 Å². The van der Waals surface area contributed by atoms with Crippen LogP contribution in [0.15, 0.2) is 18.2 Å². The highest BCUT2D eigenvalue weighted by atomic mass is 16.5. The smallest absolute Gasteiger partial charge is 0.127 e. The molecule has 1 aromatic rings. The van der Waals surface area contributed by atoms with Gasteiger partial charge in [0.15, 0.2) is 0 Å². The molecule has 21 heavy (non-hydrogen) atoms. The van der Waals surface area contributed by atoms with E-state index in [4.69, 9.17) is 9.47 Å². The predicted molar refractivity (Wildman–Crippen MR) is 87.0 cm³/mol. The van der Waals surface area contributed by atoms with Crippen molar-refractivity contribution in [3.8, 4) is 5.75 Å². The number of aryl methyl sites for hydroxylation is 1. The second kappa shape index (κ2) is 7.28. The van der Waals surface area contributed by atoms with Crippen LogP contribution in [0.5, 0.6) is 5.75 Å². The van der Waals surface area contributed by atoms with Crippen LogP contribution in [0.2, 0.25) is 0 Å². The molecular weight excluding hydrogens is 262 g/mol. The van der Waals surface area contributed by atoms with Gasteiger partial charge >= 0.3 is 0 Å². The number of rotatable bonds is 7. The summed E-state index contributed by atoms with van der Waals surface area (Å²) >= 11 is 0. The maximum Gasteiger partial charge on any atom is 0.127 e. The molecule has 0 aliphatic carbocycles. The van der Waals surface area contributed by atoms with Gasteiger partial charge in [-0.15, -0.1) is 0 Å². The van der Waals surface area contributed by atoms with Gasteiger partial charge < -0.3 is 14.8 Å². The fourth-order valence-electron chi connectivity index (χ4n) is 3.22. The van der Waals surface area contributed by atoms with Crippen molar-refractivity contribution in [1.82, 2.24) is 5.32 Å². The van der Waals surface area contributed by atoms with Crippen LogP contribution in [0.1, 0.15) is 57.7 Å². The Labute approximate surface area is 129 Å². The van der Waals surface area contributed by atoms with Gasteiger partial charge in [-0.2, -0.15) is 0 Å². The lowest BCUT2D eigenvalue weighted by atomic mass is 9.85. The van der Waals surface area contributed by atoms with E-state index < -0.39 is 0 Å². The molecule has 118 valence electrons. The number of ether oxygens (including phenoxy) is 2. The third kappa shape index (κ3) is 3.41. The number of hydrogen-bond donors (Lipinski definition) is 1. The van der Waals surface area contributed by atoms with Crippen molar-refractivity contribution in [2.24, 2.45) is 0 Å². The molecule has 2 atom stereocenters. The van der Waals surface area contributed by atoms with E-state index in [0.717, 1.165) is 44.8 Å². The largest absolute Gasteiger partial charge is 0.493 e. The van der Waals surface area contributed by atoms with E-state index in [1.165, 1.54) is 11.1 Å². The Morgan fingerprint density at radius 2 is 2.14 bits per heavy atom. The Kier molecular flexibility index (Phi) is 5.65. The summed E-state index contributed by atoms with van der Waals surface area (Å²) in [6, 6.07) is 6.67. The van der Waals surface area contributed by atoms with Crippen LogP contribution < -0.4 is 10.1 Å². The van der Waals surface area contributed by atoms with Crippen molar-refractivity contribution in [1.29, 1.82) is 0 Å². The average Bonchev–Trinajstić information content (AvgIpc) is 2.52. The molecule has 0 bridgehead atoms. The summed E-state index contributed by atoms with van der Waals surface area (Å²) in [6.45, 7) is 11.1. The summed E-state index contributed by atoms with van der Waals surface area (Å²) in [6.07, 6.45) is 3.18. The summed E-state index contributed by atoms with van der Waals surface area (Å²) in [5.74, 6) is 1.08. The van der Waals surface area contributed by atoms with E-state index in [1.54, 1.807) is 0 Å². The topological polar surface area (TPSA) is 30.5 Å². The molecule has 1 aliphatic heterocycles. The van der Waals surface area contributed by atoms with Crippen LogP contribution >= 0.6 is 0 Å². The molecular formula is C18H29NO2. The third-order valence-corrected chi connectivity index (χ3v) is 4.47. The molecule has 0 spiro atoms. The SMILES string of the molecule is CCNC(c1cccc2c1OCCC2)C(C)(CC)OCC. The average molecular weight is 291 g/mol. The summed E-state index contributed by atoms with van der Waals surface area (Å²) in [4.78, 5) is 0. The minimum Gasteiger partial charge on any atom is -0.493 e. The molecule has 0 fully saturated rings. The van der Waals surface area contributed by atoms with Crippen molar-refractivity contribution in [3.05, 3.63) is 29.3 Å². The Balaban J connectivity index is 2.42. The third-order valence-electron chi connectivity index (χ3n) is 4.47. The zero-order chi connectivity index (χ0) is 15.3. The molecule has 1 heterocycles. The molecule has 0 radical (unpaired) electrons. The highest BCUT2D eigenvalue weighted by Crippen LogP contribution is 2.40. The quantitative estimate of drug-likeness (QED) is 0.827. The summed E-state index contributed by atoms with van der Waals surface area (Å²) in [7, 11) is 0. The van der Waals surface area contributed by atoms with Gasteiger partial charge in [-0.05, 0) is 45.2 Å². The molecule has 0 amide bonds. The first-order chi connectivity index (χ1) is 10.2. The van der Waals surface area contributed by atoms with Gasteiger partial charge in [-0.3, -0.25) is 0 Å². The predicted octanol–water partition coefficient (Wildman–Crippen LogP) is 3.87. The highest BCUT2D eigenvalue weighted by molar-refractivity contribution is 5.45. The molecule has 0 saturated heterocycles. The van der Waals surface area contributed by atoms with E-state index in [2.05, 4.69) is 51.2 Å². The first-order valence-corrected chi connectivity index (χ1v) is 8.28. The van der Waals surface area contributed by atoms with Gasteiger partial charge in [0.05, 0.1) is 18.2 Å². The zero-order valence-electron chi connectivity index (χ0n) is 13.9. The van der Waals surface area contributed by atoms with Gasteiger partial charge in [-0.25, -0.2) is 0 Å². The van der Waals surface area contributed by atoms with E-state index in [9.17, 15) is 0 Å². The lowest BCUT2D eigenvalue weighted by Gasteiger charge is -2.39. The van der Waals surface area contributed by atoms with Gasteiger partial charge in [0, 0.05) is 12.2 Å². The van der Waals surface area contributed by atoms with E-state index >= 15 is 0 Å². The monoisotopic (exact) mass is 291 g/mol. The van der Waals surface area contributed by atoms with Gasteiger partial charge in [0.25, 0.3) is 0 Å². The second-order valence-corrected chi connectivity index (χ2v) is 5.88. The van der Waals surface area contributed by atoms with Gasteiger partial charge in [-0.1, -0.05) is 32.0 Å². The Morgan fingerprint density at radius 1 is 1.33 bits per heavy atom. The zero-order valence-corrected chi connectivity index (χ0v) is 13.9. The first-order valence-electron chi connectivity index (χ1n) is 8.28. The molecule has 1 aliphatic rings. The van der Waals surface area contributed by atoms with Crippen molar-refractivity contribution >= 4 is 0 Å². The van der Waals surface area contributed by atoms with Crippen LogP contribution in [0.4, 0.5) is 0 Å². The molecule has 2 rings (SSSR count). The second-order valence-electron chi connectivity index (χ2n) is 5.88. The molecule has 3 nitrogen and oxygen atoms in total. The minimum absolute atomic E-state index is 0.153. The molecule has 1 N–H and O–H groups in total. The van der Waals surface area contributed by atoms with Crippen LogP contribution in [-0.2, 0) is 11.2 Å². The van der Waals surface area contributed by atoms with E-state index in [0.29, 0.717) is 0 Å².